The largest absolute Gasteiger partial charge is 0.336 e. The maximum atomic E-state index is 13.6. The van der Waals surface area contributed by atoms with Gasteiger partial charge in [0.2, 0.25) is 5.91 Å². The van der Waals surface area contributed by atoms with E-state index in [0.29, 0.717) is 0 Å². The molecule has 8 heteroatoms. The number of aromatic nitrogens is 2. The number of rotatable bonds is 4. The molecule has 0 spiro atoms. The predicted octanol–water partition coefficient (Wildman–Crippen LogP) is 4.16. The highest BCUT2D eigenvalue weighted by atomic mass is 19.2. The lowest BCUT2D eigenvalue weighted by Gasteiger charge is -2.20. The van der Waals surface area contributed by atoms with Gasteiger partial charge in [-0.3, -0.25) is 4.79 Å². The Kier molecular flexibility index (Phi) is 5.16. The van der Waals surface area contributed by atoms with Crippen LogP contribution in [0.4, 0.5) is 30.5 Å². The Morgan fingerprint density at radius 2 is 1.60 bits per heavy atom. The van der Waals surface area contributed by atoms with Crippen LogP contribution in [0.1, 0.15) is 32.1 Å². The molecule has 1 heterocycles. The fraction of sp³-hybridized carbons (Fsp3) is 0.353. The number of benzene rings is 1. The zero-order valence-corrected chi connectivity index (χ0v) is 13.4. The fourth-order valence-electron chi connectivity index (χ4n) is 2.82. The second-order valence-corrected chi connectivity index (χ2v) is 5.98. The van der Waals surface area contributed by atoms with E-state index in [-0.39, 0.29) is 29.1 Å². The van der Waals surface area contributed by atoms with E-state index in [1.54, 1.807) is 0 Å². The van der Waals surface area contributed by atoms with E-state index in [9.17, 15) is 18.0 Å². The second-order valence-electron chi connectivity index (χ2n) is 5.98. The Morgan fingerprint density at radius 3 is 2.28 bits per heavy atom. The summed E-state index contributed by atoms with van der Waals surface area (Å²) >= 11 is 0. The van der Waals surface area contributed by atoms with Crippen LogP contribution in [0, 0.1) is 23.4 Å². The molecule has 1 amide bonds. The van der Waals surface area contributed by atoms with E-state index in [1.165, 1.54) is 12.1 Å². The molecule has 1 aromatic heterocycles. The molecule has 5 nitrogen and oxygen atoms in total. The number of hydrogen-bond donors (Lipinski definition) is 2. The van der Waals surface area contributed by atoms with Crippen LogP contribution >= 0.6 is 0 Å². The van der Waals surface area contributed by atoms with Crippen LogP contribution in [0.3, 0.4) is 0 Å². The quantitative estimate of drug-likeness (QED) is 0.813. The SMILES string of the molecule is O=C(Nc1ccc(Nc2ccc(F)c(F)c2F)nn1)C1CCCCC1. The molecule has 0 radical (unpaired) electrons. The van der Waals surface area contributed by atoms with E-state index < -0.39 is 17.5 Å². The highest BCUT2D eigenvalue weighted by Gasteiger charge is 2.21. The minimum Gasteiger partial charge on any atom is -0.336 e. The van der Waals surface area contributed by atoms with Crippen molar-refractivity contribution in [3.05, 3.63) is 41.7 Å². The molecule has 1 fully saturated rings. The van der Waals surface area contributed by atoms with Crippen molar-refractivity contribution < 1.29 is 18.0 Å². The summed E-state index contributed by atoms with van der Waals surface area (Å²) in [6, 6.07) is 4.85. The Labute approximate surface area is 142 Å². The van der Waals surface area contributed by atoms with Gasteiger partial charge in [-0.15, -0.1) is 10.2 Å². The number of anilines is 3. The van der Waals surface area contributed by atoms with Crippen molar-refractivity contribution in [3.63, 3.8) is 0 Å². The first-order chi connectivity index (χ1) is 12.0. The molecule has 1 aliphatic rings. The van der Waals surface area contributed by atoms with Crippen LogP contribution in [0.5, 0.6) is 0 Å². The van der Waals surface area contributed by atoms with Crippen molar-refractivity contribution in [1.82, 2.24) is 10.2 Å². The predicted molar refractivity (Wildman–Crippen MR) is 86.8 cm³/mol. The summed E-state index contributed by atoms with van der Waals surface area (Å²) in [5.41, 5.74) is -0.257. The molecule has 0 aliphatic heterocycles. The van der Waals surface area contributed by atoms with Gasteiger partial charge in [-0.2, -0.15) is 0 Å². The van der Waals surface area contributed by atoms with Crippen LogP contribution in [0.15, 0.2) is 24.3 Å². The van der Waals surface area contributed by atoms with E-state index in [4.69, 9.17) is 0 Å². The van der Waals surface area contributed by atoms with Gasteiger partial charge >= 0.3 is 0 Å². The summed E-state index contributed by atoms with van der Waals surface area (Å²) in [5.74, 6) is -3.83. The summed E-state index contributed by atoms with van der Waals surface area (Å²) in [7, 11) is 0. The van der Waals surface area contributed by atoms with Gasteiger partial charge < -0.3 is 10.6 Å². The molecule has 0 bridgehead atoms. The van der Waals surface area contributed by atoms with Gasteiger partial charge in [-0.25, -0.2) is 13.2 Å². The molecule has 0 unspecified atom stereocenters. The van der Waals surface area contributed by atoms with Gasteiger partial charge in [0.05, 0.1) is 5.69 Å². The normalized spacial score (nSPS) is 15.0. The highest BCUT2D eigenvalue weighted by Crippen LogP contribution is 2.25. The Balaban J connectivity index is 1.64. The summed E-state index contributed by atoms with van der Waals surface area (Å²) in [4.78, 5) is 12.1. The molecular formula is C17H17F3N4O. The number of nitrogens with one attached hydrogen (secondary N) is 2. The molecule has 2 aromatic rings. The molecule has 25 heavy (non-hydrogen) atoms. The zero-order chi connectivity index (χ0) is 17.8. The Hall–Kier alpha value is -2.64. The minimum atomic E-state index is -1.56. The summed E-state index contributed by atoms with van der Waals surface area (Å²) in [6.07, 6.45) is 4.99. The monoisotopic (exact) mass is 350 g/mol. The number of halogens is 3. The first-order valence-electron chi connectivity index (χ1n) is 8.09. The minimum absolute atomic E-state index is 0.00959. The lowest BCUT2D eigenvalue weighted by atomic mass is 9.89. The lowest BCUT2D eigenvalue weighted by Crippen LogP contribution is -2.25. The average Bonchev–Trinajstić information content (AvgIpc) is 2.64. The molecule has 1 aliphatic carbocycles. The fourth-order valence-corrected chi connectivity index (χ4v) is 2.82. The number of nitrogens with zero attached hydrogens (tertiary/aromatic N) is 2. The number of carbonyl (C=O) groups excluding carboxylic acids is 1. The molecule has 0 atom stereocenters. The third-order valence-corrected chi connectivity index (χ3v) is 4.19. The Bertz CT molecular complexity index is 761. The van der Waals surface area contributed by atoms with Crippen molar-refractivity contribution >= 4 is 23.2 Å². The smallest absolute Gasteiger partial charge is 0.228 e. The lowest BCUT2D eigenvalue weighted by molar-refractivity contribution is -0.120. The van der Waals surface area contributed by atoms with Crippen molar-refractivity contribution in [2.24, 2.45) is 5.92 Å². The van der Waals surface area contributed by atoms with E-state index in [1.807, 2.05) is 0 Å². The molecule has 2 N–H and O–H groups in total. The first kappa shape index (κ1) is 17.2. The van der Waals surface area contributed by atoms with Gasteiger partial charge in [-0.05, 0) is 37.1 Å². The number of amides is 1. The van der Waals surface area contributed by atoms with E-state index >= 15 is 0 Å². The Morgan fingerprint density at radius 1 is 0.920 bits per heavy atom. The van der Waals surface area contributed by atoms with Crippen molar-refractivity contribution in [1.29, 1.82) is 0 Å². The summed E-state index contributed by atoms with van der Waals surface area (Å²) < 4.78 is 39.7. The third-order valence-electron chi connectivity index (χ3n) is 4.19. The topological polar surface area (TPSA) is 66.9 Å². The molecule has 132 valence electrons. The first-order valence-corrected chi connectivity index (χ1v) is 8.09. The molecule has 1 saturated carbocycles. The van der Waals surface area contributed by atoms with Crippen LogP contribution < -0.4 is 10.6 Å². The number of hydrogen-bond acceptors (Lipinski definition) is 4. The van der Waals surface area contributed by atoms with Gasteiger partial charge in [0.15, 0.2) is 29.1 Å². The van der Waals surface area contributed by atoms with Crippen LogP contribution in [0.2, 0.25) is 0 Å². The van der Waals surface area contributed by atoms with Crippen molar-refractivity contribution in [2.75, 3.05) is 10.6 Å². The van der Waals surface area contributed by atoms with E-state index in [0.717, 1.165) is 44.2 Å². The zero-order valence-electron chi connectivity index (χ0n) is 13.4. The maximum absolute atomic E-state index is 13.6. The molecule has 0 saturated heterocycles. The maximum Gasteiger partial charge on any atom is 0.228 e. The van der Waals surface area contributed by atoms with Gasteiger partial charge in [0.1, 0.15) is 0 Å². The molecule has 3 rings (SSSR count). The van der Waals surface area contributed by atoms with E-state index in [2.05, 4.69) is 20.8 Å². The molecular weight excluding hydrogens is 333 g/mol. The summed E-state index contributed by atoms with van der Waals surface area (Å²) in [5, 5.41) is 12.9. The molecule has 1 aromatic carbocycles. The van der Waals surface area contributed by atoms with Crippen LogP contribution in [-0.2, 0) is 4.79 Å². The van der Waals surface area contributed by atoms with Gasteiger partial charge in [-0.1, -0.05) is 19.3 Å². The van der Waals surface area contributed by atoms with Crippen molar-refractivity contribution in [3.8, 4) is 0 Å². The summed E-state index contributed by atoms with van der Waals surface area (Å²) in [6.45, 7) is 0. The standard InChI is InChI=1S/C17H17F3N4O/c18-11-6-7-12(16(20)15(11)19)21-13-8-9-14(24-23-13)22-17(25)10-4-2-1-3-5-10/h6-10H,1-5H2,(H,21,23)(H,22,24,25). The average molecular weight is 350 g/mol. The number of carbonyl (C=O) groups is 1. The third kappa shape index (κ3) is 4.07. The van der Waals surface area contributed by atoms with Crippen LogP contribution in [-0.4, -0.2) is 16.1 Å². The van der Waals surface area contributed by atoms with Crippen LogP contribution in [0.25, 0.3) is 0 Å². The van der Waals surface area contributed by atoms with Gasteiger partial charge in [0, 0.05) is 5.92 Å². The van der Waals surface area contributed by atoms with Gasteiger partial charge in [0.25, 0.3) is 0 Å². The second kappa shape index (κ2) is 7.50. The van der Waals surface area contributed by atoms with Crippen molar-refractivity contribution in [2.45, 2.75) is 32.1 Å². The highest BCUT2D eigenvalue weighted by molar-refractivity contribution is 5.91.